The quantitative estimate of drug-likeness (QED) is 0.708. The Hall–Kier alpha value is -2.88. The van der Waals surface area contributed by atoms with E-state index in [1.165, 1.54) is 16.8 Å². The largest absolute Gasteiger partial charge is 0.340 e. The highest BCUT2D eigenvalue weighted by Gasteiger charge is 2.20. The molecule has 0 aliphatic carbocycles. The lowest BCUT2D eigenvalue weighted by Gasteiger charge is -2.29. The molecule has 26 heavy (non-hydrogen) atoms. The molecule has 2 aromatic carbocycles. The Morgan fingerprint density at radius 2 is 1.85 bits per heavy atom. The maximum absolute atomic E-state index is 4.83. The summed E-state index contributed by atoms with van der Waals surface area (Å²) in [6.45, 7) is 5.14. The van der Waals surface area contributed by atoms with Crippen molar-refractivity contribution in [1.82, 2.24) is 9.97 Å². The van der Waals surface area contributed by atoms with Crippen LogP contribution in [0.4, 0.5) is 23.1 Å². The van der Waals surface area contributed by atoms with Gasteiger partial charge in [-0.25, -0.2) is 4.98 Å². The molecule has 4 nitrogen and oxygen atoms in total. The molecule has 1 aliphatic rings. The van der Waals surface area contributed by atoms with E-state index in [4.69, 9.17) is 9.97 Å². The van der Waals surface area contributed by atoms with Crippen molar-refractivity contribution in [2.75, 3.05) is 16.8 Å². The van der Waals surface area contributed by atoms with Gasteiger partial charge in [0.05, 0.1) is 0 Å². The van der Waals surface area contributed by atoms with Gasteiger partial charge >= 0.3 is 0 Å². The fourth-order valence-corrected chi connectivity index (χ4v) is 3.57. The third kappa shape index (κ3) is 3.27. The maximum atomic E-state index is 4.83. The topological polar surface area (TPSA) is 41.1 Å². The van der Waals surface area contributed by atoms with Crippen LogP contribution in [0.15, 0.2) is 54.6 Å². The van der Waals surface area contributed by atoms with Crippen LogP contribution in [0.2, 0.25) is 0 Å². The third-order valence-electron chi connectivity index (χ3n) is 4.86. The van der Waals surface area contributed by atoms with E-state index in [0.29, 0.717) is 0 Å². The van der Waals surface area contributed by atoms with Gasteiger partial charge in [0, 0.05) is 29.7 Å². The number of fused-ring (bicyclic) bond motifs is 1. The third-order valence-corrected chi connectivity index (χ3v) is 4.86. The molecule has 4 heteroatoms. The minimum absolute atomic E-state index is 0.772. The molecule has 1 N–H and O–H groups in total. The second kappa shape index (κ2) is 7.16. The zero-order chi connectivity index (χ0) is 17.9. The molecule has 0 amide bonds. The molecule has 0 bridgehead atoms. The van der Waals surface area contributed by atoms with Gasteiger partial charge in [0.25, 0.3) is 0 Å². The zero-order valence-corrected chi connectivity index (χ0v) is 15.4. The van der Waals surface area contributed by atoms with Crippen LogP contribution in [0.25, 0.3) is 0 Å². The van der Waals surface area contributed by atoms with Gasteiger partial charge in [0.2, 0.25) is 5.95 Å². The Morgan fingerprint density at radius 1 is 1.04 bits per heavy atom. The monoisotopic (exact) mass is 344 g/mol. The smallest absolute Gasteiger partial charge is 0.232 e. The first-order valence-corrected chi connectivity index (χ1v) is 9.30. The van der Waals surface area contributed by atoms with Gasteiger partial charge in [-0.2, -0.15) is 4.98 Å². The number of hydrogen-bond donors (Lipinski definition) is 1. The predicted molar refractivity (Wildman–Crippen MR) is 108 cm³/mol. The minimum atomic E-state index is 0.772. The van der Waals surface area contributed by atoms with E-state index in [1.54, 1.807) is 0 Å². The molecule has 0 atom stereocenters. The molecule has 1 aliphatic heterocycles. The number of hydrogen-bond acceptors (Lipinski definition) is 4. The standard InChI is InChI=1S/C22H24N4/c1-3-17-9-4-6-12-19(17)24-21-15-16(2)23-22(25-21)26-14-8-11-18-10-5-7-13-20(18)26/h4-7,9-10,12-13,15H,3,8,11,14H2,1-2H3,(H,23,24,25). The Kier molecular flexibility index (Phi) is 4.57. The summed E-state index contributed by atoms with van der Waals surface area (Å²) in [5, 5.41) is 3.49. The lowest BCUT2D eigenvalue weighted by atomic mass is 10.0. The Morgan fingerprint density at radius 3 is 2.73 bits per heavy atom. The van der Waals surface area contributed by atoms with Gasteiger partial charge in [-0.3, -0.25) is 0 Å². The van der Waals surface area contributed by atoms with Crippen molar-refractivity contribution in [2.24, 2.45) is 0 Å². The Labute approximate surface area is 154 Å². The maximum Gasteiger partial charge on any atom is 0.232 e. The number of aromatic nitrogens is 2. The van der Waals surface area contributed by atoms with E-state index in [1.807, 2.05) is 13.0 Å². The van der Waals surface area contributed by atoms with Crippen LogP contribution in [0.5, 0.6) is 0 Å². The first kappa shape index (κ1) is 16.6. The highest BCUT2D eigenvalue weighted by atomic mass is 15.3. The highest BCUT2D eigenvalue weighted by Crippen LogP contribution is 2.32. The van der Waals surface area contributed by atoms with Crippen molar-refractivity contribution in [1.29, 1.82) is 0 Å². The summed E-state index contributed by atoms with van der Waals surface area (Å²) in [5.41, 5.74) is 5.96. The molecule has 0 radical (unpaired) electrons. The van der Waals surface area contributed by atoms with Crippen molar-refractivity contribution in [3.8, 4) is 0 Å². The molecule has 0 saturated heterocycles. The summed E-state index contributed by atoms with van der Waals surface area (Å²) in [5.74, 6) is 1.62. The fraction of sp³-hybridized carbons (Fsp3) is 0.273. The normalized spacial score (nSPS) is 13.4. The van der Waals surface area contributed by atoms with Crippen LogP contribution in [0.3, 0.4) is 0 Å². The summed E-state index contributed by atoms with van der Waals surface area (Å²) in [7, 11) is 0. The molecule has 0 unspecified atom stereocenters. The van der Waals surface area contributed by atoms with Crippen molar-refractivity contribution in [2.45, 2.75) is 33.1 Å². The molecule has 4 rings (SSSR count). The van der Waals surface area contributed by atoms with Crippen LogP contribution in [0.1, 0.15) is 30.2 Å². The van der Waals surface area contributed by atoms with Crippen molar-refractivity contribution in [3.63, 3.8) is 0 Å². The fourth-order valence-electron chi connectivity index (χ4n) is 3.57. The van der Waals surface area contributed by atoms with E-state index >= 15 is 0 Å². The summed E-state index contributed by atoms with van der Waals surface area (Å²) in [6.07, 6.45) is 3.23. The van der Waals surface area contributed by atoms with Gasteiger partial charge < -0.3 is 10.2 Å². The molecule has 2 heterocycles. The van der Waals surface area contributed by atoms with Crippen molar-refractivity contribution >= 4 is 23.1 Å². The second-order valence-corrected chi connectivity index (χ2v) is 6.71. The second-order valence-electron chi connectivity index (χ2n) is 6.71. The SMILES string of the molecule is CCc1ccccc1Nc1cc(C)nc(N2CCCc3ccccc32)n1. The predicted octanol–water partition coefficient (Wildman–Crippen LogP) is 5.18. The van der Waals surface area contributed by atoms with Crippen molar-refractivity contribution in [3.05, 3.63) is 71.4 Å². The molecule has 3 aromatic rings. The molecule has 0 saturated carbocycles. The summed E-state index contributed by atoms with van der Waals surface area (Å²) < 4.78 is 0. The summed E-state index contributed by atoms with van der Waals surface area (Å²) in [4.78, 5) is 11.8. The van der Waals surface area contributed by atoms with Gasteiger partial charge in [-0.15, -0.1) is 0 Å². The Bertz CT molecular complexity index is 920. The van der Waals surface area contributed by atoms with Crippen LogP contribution >= 0.6 is 0 Å². The lowest BCUT2D eigenvalue weighted by Crippen LogP contribution is -2.26. The van der Waals surface area contributed by atoms with Crippen LogP contribution < -0.4 is 10.2 Å². The molecule has 1 aromatic heterocycles. The van der Waals surface area contributed by atoms with E-state index in [-0.39, 0.29) is 0 Å². The van der Waals surface area contributed by atoms with E-state index in [2.05, 4.69) is 65.7 Å². The van der Waals surface area contributed by atoms with Gasteiger partial charge in [0.1, 0.15) is 5.82 Å². The average molecular weight is 344 g/mol. The van der Waals surface area contributed by atoms with E-state index in [9.17, 15) is 0 Å². The van der Waals surface area contributed by atoms with Crippen LogP contribution in [-0.2, 0) is 12.8 Å². The number of anilines is 4. The average Bonchev–Trinajstić information content (AvgIpc) is 2.67. The number of nitrogens with one attached hydrogen (secondary N) is 1. The molecular formula is C22H24N4. The number of rotatable bonds is 4. The summed E-state index contributed by atoms with van der Waals surface area (Å²) in [6, 6.07) is 18.9. The van der Waals surface area contributed by atoms with E-state index in [0.717, 1.165) is 49.0 Å². The van der Waals surface area contributed by atoms with E-state index < -0.39 is 0 Å². The van der Waals surface area contributed by atoms with Crippen LogP contribution in [0, 0.1) is 6.92 Å². The van der Waals surface area contributed by atoms with Crippen molar-refractivity contribution < 1.29 is 0 Å². The highest BCUT2D eigenvalue weighted by molar-refractivity contribution is 5.66. The Balaban J connectivity index is 1.70. The van der Waals surface area contributed by atoms with Crippen LogP contribution in [-0.4, -0.2) is 16.5 Å². The molecule has 0 fully saturated rings. The number of para-hydroxylation sites is 2. The zero-order valence-electron chi connectivity index (χ0n) is 15.4. The number of nitrogens with zero attached hydrogens (tertiary/aromatic N) is 3. The molecule has 132 valence electrons. The van der Waals surface area contributed by atoms with Gasteiger partial charge in [0.15, 0.2) is 0 Å². The van der Waals surface area contributed by atoms with Gasteiger partial charge in [-0.05, 0) is 49.4 Å². The number of aryl methyl sites for hydroxylation is 3. The molecular weight excluding hydrogens is 320 g/mol. The lowest BCUT2D eigenvalue weighted by molar-refractivity contribution is 0.749. The van der Waals surface area contributed by atoms with Gasteiger partial charge in [-0.1, -0.05) is 43.3 Å². The molecule has 0 spiro atoms. The summed E-state index contributed by atoms with van der Waals surface area (Å²) >= 11 is 0. The minimum Gasteiger partial charge on any atom is -0.340 e. The first-order chi connectivity index (χ1) is 12.7. The number of benzene rings is 2. The first-order valence-electron chi connectivity index (χ1n) is 9.30.